The van der Waals surface area contributed by atoms with E-state index in [1.54, 1.807) is 6.07 Å². The molecule has 1 aromatic heterocycles. The summed E-state index contributed by atoms with van der Waals surface area (Å²) in [6.45, 7) is 5.58. The van der Waals surface area contributed by atoms with Gasteiger partial charge in [-0.05, 0) is 36.8 Å². The molecule has 6 nitrogen and oxygen atoms in total. The van der Waals surface area contributed by atoms with Crippen molar-refractivity contribution in [1.29, 1.82) is 0 Å². The fraction of sp³-hybridized carbons (Fsp3) is 0.611. The average molecular weight is 332 g/mol. The minimum atomic E-state index is -0.648. The second-order valence-corrected chi connectivity index (χ2v) is 7.11. The Hall–Kier alpha value is -2.11. The van der Waals surface area contributed by atoms with Gasteiger partial charge < -0.3 is 14.2 Å². The van der Waals surface area contributed by atoms with E-state index >= 15 is 0 Å². The molecule has 1 aromatic rings. The number of carbonyl (C=O) groups is 3. The first kappa shape index (κ1) is 16.7. The van der Waals surface area contributed by atoms with Gasteiger partial charge in [0.25, 0.3) is 11.7 Å². The number of ketones is 1. The highest BCUT2D eigenvalue weighted by molar-refractivity contribution is 6.41. The van der Waals surface area contributed by atoms with Gasteiger partial charge in [-0.25, -0.2) is 0 Å². The van der Waals surface area contributed by atoms with E-state index in [1.807, 2.05) is 4.90 Å². The number of hydrogen-bond donors (Lipinski definition) is 0. The van der Waals surface area contributed by atoms with Crippen molar-refractivity contribution in [2.75, 3.05) is 19.6 Å². The molecule has 130 valence electrons. The van der Waals surface area contributed by atoms with Gasteiger partial charge in [0.15, 0.2) is 5.76 Å². The summed E-state index contributed by atoms with van der Waals surface area (Å²) in [5.74, 6) is -0.280. The number of Topliss-reactive ketones (excluding diaryl/α,β-unsaturated/α-hetero) is 1. The minimum Gasteiger partial charge on any atom is -0.461 e. The van der Waals surface area contributed by atoms with Gasteiger partial charge in [0, 0.05) is 26.1 Å². The third-order valence-electron chi connectivity index (χ3n) is 4.87. The molecule has 3 rings (SSSR count). The molecule has 0 aromatic carbocycles. The van der Waals surface area contributed by atoms with E-state index in [-0.39, 0.29) is 36.6 Å². The summed E-state index contributed by atoms with van der Waals surface area (Å²) >= 11 is 0. The van der Waals surface area contributed by atoms with Gasteiger partial charge in [0.1, 0.15) is 0 Å². The lowest BCUT2D eigenvalue weighted by Crippen LogP contribution is -2.49. The highest BCUT2D eigenvalue weighted by Gasteiger charge is 2.38. The zero-order valence-corrected chi connectivity index (χ0v) is 14.2. The molecule has 24 heavy (non-hydrogen) atoms. The molecule has 0 radical (unpaired) electrons. The van der Waals surface area contributed by atoms with Gasteiger partial charge in [0.05, 0.1) is 12.3 Å². The molecule has 2 heterocycles. The van der Waals surface area contributed by atoms with Crippen molar-refractivity contribution >= 4 is 17.6 Å². The Morgan fingerprint density at radius 3 is 2.67 bits per heavy atom. The largest absolute Gasteiger partial charge is 0.461 e. The standard InChI is InChI=1S/C18H24N2O4/c1-12(2)14-11-19(18(23)17(22)15-4-3-9-24-15)8-7-16(21)20(14)10-13-5-6-13/h3-4,9,12-14H,5-8,10-11H2,1-2H3/t14-/m0/s1. The maximum absolute atomic E-state index is 12.6. The van der Waals surface area contributed by atoms with Crippen LogP contribution in [0.15, 0.2) is 22.8 Å². The highest BCUT2D eigenvalue weighted by atomic mass is 16.3. The molecular weight excluding hydrogens is 308 g/mol. The van der Waals surface area contributed by atoms with Crippen LogP contribution in [-0.4, -0.2) is 53.1 Å². The molecule has 2 fully saturated rings. The van der Waals surface area contributed by atoms with Crippen molar-refractivity contribution in [3.05, 3.63) is 24.2 Å². The van der Waals surface area contributed by atoms with Crippen molar-refractivity contribution in [1.82, 2.24) is 9.80 Å². The van der Waals surface area contributed by atoms with Crippen LogP contribution < -0.4 is 0 Å². The molecule has 0 bridgehead atoms. The fourth-order valence-electron chi connectivity index (χ4n) is 3.20. The second kappa shape index (κ2) is 6.79. The number of furan rings is 1. The Labute approximate surface area is 141 Å². The van der Waals surface area contributed by atoms with Crippen molar-refractivity contribution < 1.29 is 18.8 Å². The molecule has 0 spiro atoms. The lowest BCUT2D eigenvalue weighted by Gasteiger charge is -2.34. The predicted molar refractivity (Wildman–Crippen MR) is 87.3 cm³/mol. The van der Waals surface area contributed by atoms with Crippen LogP contribution in [0.25, 0.3) is 0 Å². The van der Waals surface area contributed by atoms with E-state index < -0.39 is 11.7 Å². The van der Waals surface area contributed by atoms with E-state index in [0.29, 0.717) is 12.5 Å². The van der Waals surface area contributed by atoms with E-state index in [1.165, 1.54) is 30.1 Å². The summed E-state index contributed by atoms with van der Waals surface area (Å²) in [7, 11) is 0. The van der Waals surface area contributed by atoms with E-state index in [4.69, 9.17) is 4.42 Å². The maximum Gasteiger partial charge on any atom is 0.298 e. The number of carbonyl (C=O) groups excluding carboxylic acids is 3. The van der Waals surface area contributed by atoms with Gasteiger partial charge in [-0.2, -0.15) is 0 Å². The predicted octanol–water partition coefficient (Wildman–Crippen LogP) is 1.96. The smallest absolute Gasteiger partial charge is 0.298 e. The molecule has 6 heteroatoms. The molecule has 2 aliphatic rings. The molecule has 0 unspecified atom stereocenters. The van der Waals surface area contributed by atoms with Crippen molar-refractivity contribution in [2.45, 2.75) is 39.2 Å². The van der Waals surface area contributed by atoms with Crippen molar-refractivity contribution in [3.63, 3.8) is 0 Å². The SMILES string of the molecule is CC(C)[C@@H]1CN(C(=O)C(=O)c2ccco2)CCC(=O)N1CC1CC1. The summed E-state index contributed by atoms with van der Waals surface area (Å²) in [6.07, 6.45) is 4.00. The van der Waals surface area contributed by atoms with Gasteiger partial charge in [-0.1, -0.05) is 13.8 Å². The monoisotopic (exact) mass is 332 g/mol. The van der Waals surface area contributed by atoms with E-state index in [9.17, 15) is 14.4 Å². The Kier molecular flexibility index (Phi) is 4.73. The number of amides is 2. The Bertz CT molecular complexity index is 619. The number of rotatable bonds is 5. The summed E-state index contributed by atoms with van der Waals surface area (Å²) < 4.78 is 5.04. The van der Waals surface area contributed by atoms with Crippen LogP contribution in [0.2, 0.25) is 0 Å². The second-order valence-electron chi connectivity index (χ2n) is 7.11. The third kappa shape index (κ3) is 3.52. The van der Waals surface area contributed by atoms with Crippen LogP contribution >= 0.6 is 0 Å². The highest BCUT2D eigenvalue weighted by Crippen LogP contribution is 2.32. The zero-order valence-electron chi connectivity index (χ0n) is 14.2. The summed E-state index contributed by atoms with van der Waals surface area (Å²) in [6, 6.07) is 3.03. The number of hydrogen-bond acceptors (Lipinski definition) is 4. The quantitative estimate of drug-likeness (QED) is 0.610. The van der Waals surface area contributed by atoms with E-state index in [0.717, 1.165) is 6.54 Å². The molecule has 1 saturated heterocycles. The first-order chi connectivity index (χ1) is 11.5. The third-order valence-corrected chi connectivity index (χ3v) is 4.87. The molecular formula is C18H24N2O4. The zero-order chi connectivity index (χ0) is 17.3. The van der Waals surface area contributed by atoms with Crippen LogP contribution in [0.4, 0.5) is 0 Å². The van der Waals surface area contributed by atoms with Gasteiger partial charge >= 0.3 is 0 Å². The summed E-state index contributed by atoms with van der Waals surface area (Å²) in [5.41, 5.74) is 0. The Morgan fingerprint density at radius 2 is 2.08 bits per heavy atom. The van der Waals surface area contributed by atoms with E-state index in [2.05, 4.69) is 13.8 Å². The lowest BCUT2D eigenvalue weighted by molar-refractivity contribution is -0.133. The van der Waals surface area contributed by atoms with Crippen molar-refractivity contribution in [2.24, 2.45) is 11.8 Å². The first-order valence-electron chi connectivity index (χ1n) is 8.64. The van der Waals surface area contributed by atoms with Crippen LogP contribution in [0.1, 0.15) is 43.7 Å². The summed E-state index contributed by atoms with van der Waals surface area (Å²) in [4.78, 5) is 40.8. The van der Waals surface area contributed by atoms with Gasteiger partial charge in [-0.15, -0.1) is 0 Å². The molecule has 1 aliphatic heterocycles. The molecule has 1 aliphatic carbocycles. The minimum absolute atomic E-state index is 0.0473. The first-order valence-corrected chi connectivity index (χ1v) is 8.64. The van der Waals surface area contributed by atoms with Crippen LogP contribution in [0.3, 0.4) is 0 Å². The normalized spacial score (nSPS) is 22.0. The van der Waals surface area contributed by atoms with Crippen molar-refractivity contribution in [3.8, 4) is 0 Å². The Morgan fingerprint density at radius 1 is 1.33 bits per heavy atom. The van der Waals surface area contributed by atoms with Crippen LogP contribution in [0.5, 0.6) is 0 Å². The molecule has 1 atom stereocenters. The van der Waals surface area contributed by atoms with Gasteiger partial charge in [0.2, 0.25) is 5.91 Å². The number of nitrogens with zero attached hydrogens (tertiary/aromatic N) is 2. The Balaban J connectivity index is 1.76. The topological polar surface area (TPSA) is 70.8 Å². The van der Waals surface area contributed by atoms with Crippen LogP contribution in [0, 0.1) is 11.8 Å². The maximum atomic E-state index is 12.6. The summed E-state index contributed by atoms with van der Waals surface area (Å²) in [5, 5.41) is 0. The lowest BCUT2D eigenvalue weighted by atomic mass is 10.0. The average Bonchev–Trinajstić information content (AvgIpc) is 3.24. The fourth-order valence-corrected chi connectivity index (χ4v) is 3.20. The molecule has 2 amide bonds. The molecule has 1 saturated carbocycles. The molecule has 0 N–H and O–H groups in total. The van der Waals surface area contributed by atoms with Crippen LogP contribution in [-0.2, 0) is 9.59 Å². The van der Waals surface area contributed by atoms with Gasteiger partial charge in [-0.3, -0.25) is 14.4 Å².